The van der Waals surface area contributed by atoms with Gasteiger partial charge in [-0.1, -0.05) is 133 Å². The van der Waals surface area contributed by atoms with Crippen LogP contribution in [0.4, 0.5) is 0 Å². The van der Waals surface area contributed by atoms with Gasteiger partial charge in [0.25, 0.3) is 0 Å². The third-order valence-electron chi connectivity index (χ3n) is 5.75. The van der Waals surface area contributed by atoms with Gasteiger partial charge >= 0.3 is 0 Å². The second-order valence-corrected chi connectivity index (χ2v) is 12.8. The molecule has 0 spiro atoms. The molecule has 0 amide bonds. The molecule has 0 aliphatic carbocycles. The molecule has 0 aromatic heterocycles. The third-order valence-corrected chi connectivity index (χ3v) is 10.4. The van der Waals surface area contributed by atoms with Gasteiger partial charge in [-0.2, -0.15) is 0 Å². The Morgan fingerprint density at radius 1 is 0.316 bits per heavy atom. The molecule has 4 aromatic rings. The Labute approximate surface area is 243 Å². The molecule has 4 heteroatoms. The van der Waals surface area contributed by atoms with Gasteiger partial charge in [-0.15, -0.1) is 47.0 Å². The van der Waals surface area contributed by atoms with Crippen molar-refractivity contribution in [1.29, 1.82) is 0 Å². The van der Waals surface area contributed by atoms with Crippen LogP contribution in [0.25, 0.3) is 19.6 Å². The first-order valence-corrected chi connectivity index (χ1v) is 16.6. The summed E-state index contributed by atoms with van der Waals surface area (Å²) in [5, 5.41) is 0. The molecule has 38 heavy (non-hydrogen) atoms. The molecule has 0 radical (unpaired) electrons. The molecule has 1 aliphatic rings. The second-order valence-electron chi connectivity index (χ2n) is 8.42. The molecule has 1 heterocycles. The van der Waals surface area contributed by atoms with Crippen LogP contribution in [0.15, 0.2) is 133 Å². The van der Waals surface area contributed by atoms with Gasteiger partial charge in [0, 0.05) is 23.0 Å². The molecule has 0 fully saturated rings. The summed E-state index contributed by atoms with van der Waals surface area (Å²) >= 11 is 7.57. The lowest BCUT2D eigenvalue weighted by molar-refractivity contribution is 1.56. The molecule has 1 aliphatic heterocycles. The van der Waals surface area contributed by atoms with Crippen molar-refractivity contribution in [1.82, 2.24) is 0 Å². The summed E-state index contributed by atoms with van der Waals surface area (Å²) in [5.74, 6) is 3.95. The summed E-state index contributed by atoms with van der Waals surface area (Å²) in [6, 6.07) is 42.8. The van der Waals surface area contributed by atoms with Crippen LogP contribution < -0.4 is 0 Å². The molecule has 0 atom stereocenters. The van der Waals surface area contributed by atoms with Gasteiger partial charge in [-0.05, 0) is 22.3 Å². The average molecular weight is 565 g/mol. The maximum absolute atomic E-state index is 3.84. The number of hydrogen-bond donors (Lipinski definition) is 0. The van der Waals surface area contributed by atoms with Crippen molar-refractivity contribution in [3.8, 4) is 0 Å². The zero-order valence-electron chi connectivity index (χ0n) is 21.0. The highest BCUT2D eigenvalue weighted by molar-refractivity contribution is 8.13. The molecular formula is C34H28S4. The summed E-state index contributed by atoms with van der Waals surface area (Å²) in [6.45, 7) is 0. The Kier molecular flexibility index (Phi) is 10.2. The fourth-order valence-corrected chi connectivity index (χ4v) is 8.09. The van der Waals surface area contributed by atoms with Gasteiger partial charge in [0.2, 0.25) is 0 Å². The van der Waals surface area contributed by atoms with Gasteiger partial charge in [0.05, 0.1) is 19.6 Å². The molecule has 4 aromatic carbocycles. The van der Waals surface area contributed by atoms with E-state index in [1.165, 1.54) is 41.9 Å². The van der Waals surface area contributed by atoms with Gasteiger partial charge in [0.15, 0.2) is 0 Å². The van der Waals surface area contributed by atoms with Crippen LogP contribution in [-0.2, 0) is 0 Å². The van der Waals surface area contributed by atoms with E-state index in [-0.39, 0.29) is 0 Å². The van der Waals surface area contributed by atoms with Crippen molar-refractivity contribution in [2.75, 3.05) is 23.0 Å². The Balaban J connectivity index is 1.53. The van der Waals surface area contributed by atoms with Crippen molar-refractivity contribution in [2.45, 2.75) is 0 Å². The number of thioether (sulfide) groups is 4. The van der Waals surface area contributed by atoms with Crippen LogP contribution in [0.3, 0.4) is 0 Å². The Hall–Kier alpha value is -2.68. The summed E-state index contributed by atoms with van der Waals surface area (Å²) in [6.07, 6.45) is 0. The largest absolute Gasteiger partial charge is 0.116 e. The predicted molar refractivity (Wildman–Crippen MR) is 176 cm³/mol. The van der Waals surface area contributed by atoms with Crippen molar-refractivity contribution in [3.63, 3.8) is 0 Å². The first-order chi connectivity index (χ1) is 18.9. The smallest absolute Gasteiger partial charge is 0.0577 e. The van der Waals surface area contributed by atoms with E-state index < -0.39 is 0 Å². The minimum Gasteiger partial charge on any atom is -0.116 e. The number of rotatable bonds is 4. The minimum atomic E-state index is 0.987. The highest BCUT2D eigenvalue weighted by atomic mass is 32.2. The van der Waals surface area contributed by atoms with Gasteiger partial charge in [0.1, 0.15) is 0 Å². The zero-order valence-corrected chi connectivity index (χ0v) is 24.3. The first kappa shape index (κ1) is 26.9. The van der Waals surface area contributed by atoms with Crippen molar-refractivity contribution in [3.05, 3.63) is 155 Å². The van der Waals surface area contributed by atoms with Crippen molar-refractivity contribution in [2.24, 2.45) is 0 Å². The van der Waals surface area contributed by atoms with E-state index in [2.05, 4.69) is 133 Å². The predicted octanol–water partition coefficient (Wildman–Crippen LogP) is 10.3. The van der Waals surface area contributed by atoms with Gasteiger partial charge in [-0.3, -0.25) is 0 Å². The molecule has 0 saturated heterocycles. The highest BCUT2D eigenvalue weighted by Gasteiger charge is 2.11. The first-order valence-electron chi connectivity index (χ1n) is 12.6. The van der Waals surface area contributed by atoms with E-state index in [1.807, 2.05) is 47.0 Å². The fourth-order valence-electron chi connectivity index (χ4n) is 3.91. The molecule has 5 rings (SSSR count). The lowest BCUT2D eigenvalue weighted by Crippen LogP contribution is -1.91. The molecule has 0 unspecified atom stereocenters. The van der Waals surface area contributed by atoms with E-state index in [9.17, 15) is 0 Å². The monoisotopic (exact) mass is 564 g/mol. The zero-order chi connectivity index (χ0) is 25.8. The molecule has 188 valence electrons. The summed E-state index contributed by atoms with van der Waals surface area (Å²) in [5.41, 5.74) is 12.6. The van der Waals surface area contributed by atoms with E-state index in [0.29, 0.717) is 0 Å². The number of benzene rings is 4. The van der Waals surface area contributed by atoms with Gasteiger partial charge in [-0.25, -0.2) is 0 Å². The van der Waals surface area contributed by atoms with Crippen LogP contribution in [-0.4, -0.2) is 23.0 Å². The van der Waals surface area contributed by atoms with Crippen LogP contribution in [0.5, 0.6) is 0 Å². The van der Waals surface area contributed by atoms with E-state index in [1.54, 1.807) is 0 Å². The average Bonchev–Trinajstić information content (AvgIpc) is 2.99. The number of hydrogen-bond acceptors (Lipinski definition) is 4. The molecule has 0 saturated carbocycles. The van der Waals surface area contributed by atoms with Crippen LogP contribution >= 0.6 is 47.0 Å². The molecular weight excluding hydrogens is 537 g/mol. The van der Waals surface area contributed by atoms with Crippen molar-refractivity contribution < 1.29 is 0 Å². The standard InChI is InChI=1S/C34H28S4/c1-5-13-27(14-6-1)31-25-32(28-15-7-2-8-16-28)36-23-24-38-34(30-19-11-4-12-20-30)26-33(37-22-21-35-31)29-17-9-3-10-18-29/h1-20H,21-24H2. The summed E-state index contributed by atoms with van der Waals surface area (Å²) in [4.78, 5) is 4.81. The summed E-state index contributed by atoms with van der Waals surface area (Å²) in [7, 11) is 0. The van der Waals surface area contributed by atoms with Gasteiger partial charge < -0.3 is 0 Å². The van der Waals surface area contributed by atoms with E-state index >= 15 is 0 Å². The Bertz CT molecular complexity index is 1220. The Morgan fingerprint density at radius 3 is 0.737 bits per heavy atom. The summed E-state index contributed by atoms with van der Waals surface area (Å²) < 4.78 is 0. The fraction of sp³-hybridized carbons (Fsp3) is 0.118. The minimum absolute atomic E-state index is 0.987. The molecule has 0 bridgehead atoms. The highest BCUT2D eigenvalue weighted by Crippen LogP contribution is 2.37. The SMILES string of the molecule is C1=C(c2ccccc2)SCCSC(c2ccccc2)=C=C(c2ccccc2)SCCSC=1c1ccccc1. The quantitative estimate of drug-likeness (QED) is 0.226. The topological polar surface area (TPSA) is 0 Å². The lowest BCUT2D eigenvalue weighted by Gasteiger charge is -2.12. The molecule has 0 nitrogen and oxygen atoms in total. The van der Waals surface area contributed by atoms with Crippen LogP contribution in [0.1, 0.15) is 22.3 Å². The van der Waals surface area contributed by atoms with Crippen LogP contribution in [0.2, 0.25) is 0 Å². The van der Waals surface area contributed by atoms with Crippen LogP contribution in [0, 0.1) is 0 Å². The van der Waals surface area contributed by atoms with E-state index in [0.717, 1.165) is 23.0 Å². The second kappa shape index (κ2) is 14.5. The maximum atomic E-state index is 3.84. The van der Waals surface area contributed by atoms with E-state index in [4.69, 9.17) is 0 Å². The lowest BCUT2D eigenvalue weighted by atomic mass is 10.2. The Morgan fingerprint density at radius 2 is 0.526 bits per heavy atom. The normalized spacial score (nSPS) is 15.4. The maximum Gasteiger partial charge on any atom is 0.0577 e. The molecule has 0 N–H and O–H groups in total. The van der Waals surface area contributed by atoms with Crippen molar-refractivity contribution >= 4 is 66.7 Å². The third kappa shape index (κ3) is 7.68.